The number of carbonyl (C=O) groups excluding carboxylic acids is 1. The summed E-state index contributed by atoms with van der Waals surface area (Å²) in [6, 6.07) is 0. The van der Waals surface area contributed by atoms with E-state index in [0.29, 0.717) is 11.7 Å². The average Bonchev–Trinajstić information content (AvgIpc) is 3.00. The summed E-state index contributed by atoms with van der Waals surface area (Å²) in [5.74, 6) is 0.387. The van der Waals surface area contributed by atoms with E-state index in [9.17, 15) is 9.59 Å². The quantitative estimate of drug-likeness (QED) is 0.693. The van der Waals surface area contributed by atoms with Crippen molar-refractivity contribution in [2.24, 2.45) is 0 Å². The Morgan fingerprint density at radius 2 is 2.36 bits per heavy atom. The number of nitrogens with zero attached hydrogens (tertiary/aromatic N) is 1. The molecule has 0 aliphatic heterocycles. The first-order valence-corrected chi connectivity index (χ1v) is 4.40. The highest BCUT2D eigenvalue weighted by atomic mass is 16.5. The van der Waals surface area contributed by atoms with Crippen molar-refractivity contribution in [3.05, 3.63) is 27.9 Å². The van der Waals surface area contributed by atoms with Crippen LogP contribution in [0.4, 0.5) is 0 Å². The van der Waals surface area contributed by atoms with Crippen LogP contribution >= 0.6 is 0 Å². The van der Waals surface area contributed by atoms with Crippen LogP contribution in [0.5, 0.6) is 0 Å². The Labute approximate surface area is 80.1 Å². The van der Waals surface area contributed by atoms with E-state index in [0.717, 1.165) is 12.8 Å². The lowest BCUT2D eigenvalue weighted by Crippen LogP contribution is -2.20. The number of ether oxygens (including phenoxy) is 1. The molecule has 0 radical (unpaired) electrons. The molecule has 0 saturated heterocycles. The molecule has 5 heteroatoms. The maximum atomic E-state index is 11.4. The number of methoxy groups -OCH3 is 1. The van der Waals surface area contributed by atoms with Gasteiger partial charge in [0.1, 0.15) is 11.4 Å². The lowest BCUT2D eigenvalue weighted by Gasteiger charge is -1.99. The molecule has 1 aromatic rings. The third-order valence-corrected chi connectivity index (χ3v) is 2.19. The molecule has 1 aromatic heterocycles. The second-order valence-corrected chi connectivity index (χ2v) is 3.28. The Morgan fingerprint density at radius 1 is 1.64 bits per heavy atom. The number of H-pyrrole nitrogens is 1. The van der Waals surface area contributed by atoms with E-state index in [1.165, 1.54) is 13.3 Å². The molecule has 14 heavy (non-hydrogen) atoms. The van der Waals surface area contributed by atoms with Crippen molar-refractivity contribution in [2.75, 3.05) is 7.11 Å². The highest BCUT2D eigenvalue weighted by Crippen LogP contribution is 2.37. The van der Waals surface area contributed by atoms with E-state index >= 15 is 0 Å². The Bertz CT molecular complexity index is 420. The normalized spacial score (nSPS) is 15.2. The zero-order valence-corrected chi connectivity index (χ0v) is 7.74. The summed E-state index contributed by atoms with van der Waals surface area (Å²) in [7, 11) is 1.23. The topological polar surface area (TPSA) is 72.0 Å². The monoisotopic (exact) mass is 194 g/mol. The Kier molecular flexibility index (Phi) is 2.07. The summed E-state index contributed by atoms with van der Waals surface area (Å²) < 4.78 is 4.43. The van der Waals surface area contributed by atoms with Crippen LogP contribution in [0.2, 0.25) is 0 Å². The van der Waals surface area contributed by atoms with E-state index in [2.05, 4.69) is 14.7 Å². The largest absolute Gasteiger partial charge is 0.465 e. The molecular weight excluding hydrogens is 184 g/mol. The number of hydrogen-bond acceptors (Lipinski definition) is 4. The fourth-order valence-electron chi connectivity index (χ4n) is 1.23. The van der Waals surface area contributed by atoms with Crippen molar-refractivity contribution < 1.29 is 9.53 Å². The molecule has 0 atom stereocenters. The molecule has 5 nitrogen and oxygen atoms in total. The van der Waals surface area contributed by atoms with Gasteiger partial charge in [0.25, 0.3) is 5.56 Å². The lowest BCUT2D eigenvalue weighted by atomic mass is 10.3. The minimum Gasteiger partial charge on any atom is -0.465 e. The van der Waals surface area contributed by atoms with Crippen LogP contribution in [0.15, 0.2) is 11.0 Å². The van der Waals surface area contributed by atoms with Gasteiger partial charge in [-0.15, -0.1) is 0 Å². The van der Waals surface area contributed by atoms with Gasteiger partial charge in [-0.2, -0.15) is 0 Å². The van der Waals surface area contributed by atoms with Gasteiger partial charge < -0.3 is 9.72 Å². The number of aromatic nitrogens is 2. The van der Waals surface area contributed by atoms with E-state index in [1.807, 2.05) is 0 Å². The smallest absolute Gasteiger partial charge is 0.345 e. The summed E-state index contributed by atoms with van der Waals surface area (Å²) >= 11 is 0. The van der Waals surface area contributed by atoms with Crippen LogP contribution in [0.1, 0.15) is 34.9 Å². The van der Waals surface area contributed by atoms with Crippen LogP contribution in [-0.4, -0.2) is 23.0 Å². The lowest BCUT2D eigenvalue weighted by molar-refractivity contribution is 0.0598. The van der Waals surface area contributed by atoms with Crippen molar-refractivity contribution in [3.8, 4) is 0 Å². The number of aromatic amines is 1. The average molecular weight is 194 g/mol. The Morgan fingerprint density at radius 3 is 2.86 bits per heavy atom. The van der Waals surface area contributed by atoms with Crippen molar-refractivity contribution in [3.63, 3.8) is 0 Å². The zero-order chi connectivity index (χ0) is 10.1. The first kappa shape index (κ1) is 8.93. The second kappa shape index (κ2) is 3.25. The van der Waals surface area contributed by atoms with Gasteiger partial charge >= 0.3 is 5.97 Å². The maximum Gasteiger partial charge on any atom is 0.345 e. The standard InChI is InChI=1S/C9H10N2O3/c1-14-9(13)6-4-10-7(5-2-3-5)11-8(6)12/h4-5H,2-3H2,1H3,(H,10,11,12). The third kappa shape index (κ3) is 1.53. The van der Waals surface area contributed by atoms with Gasteiger partial charge in [0.2, 0.25) is 0 Å². The molecule has 0 aromatic carbocycles. The molecule has 0 unspecified atom stereocenters. The molecule has 1 saturated carbocycles. The fourth-order valence-corrected chi connectivity index (χ4v) is 1.23. The van der Waals surface area contributed by atoms with E-state index in [4.69, 9.17) is 0 Å². The fraction of sp³-hybridized carbons (Fsp3) is 0.444. The number of esters is 1. The van der Waals surface area contributed by atoms with Crippen molar-refractivity contribution >= 4 is 5.97 Å². The molecule has 1 heterocycles. The van der Waals surface area contributed by atoms with Gasteiger partial charge in [0, 0.05) is 12.1 Å². The van der Waals surface area contributed by atoms with Gasteiger partial charge in [0.15, 0.2) is 0 Å². The molecule has 1 N–H and O–H groups in total. The predicted molar refractivity (Wildman–Crippen MR) is 48.2 cm³/mol. The second-order valence-electron chi connectivity index (χ2n) is 3.28. The Hall–Kier alpha value is -1.65. The molecule has 0 bridgehead atoms. The van der Waals surface area contributed by atoms with Gasteiger partial charge in [-0.05, 0) is 12.8 Å². The highest BCUT2D eigenvalue weighted by Gasteiger charge is 2.26. The van der Waals surface area contributed by atoms with Crippen molar-refractivity contribution in [2.45, 2.75) is 18.8 Å². The van der Waals surface area contributed by atoms with Gasteiger partial charge in [0.05, 0.1) is 7.11 Å². The number of carbonyl (C=O) groups is 1. The van der Waals surface area contributed by atoms with E-state index in [1.54, 1.807) is 0 Å². The molecular formula is C9H10N2O3. The zero-order valence-electron chi connectivity index (χ0n) is 7.74. The molecule has 1 aliphatic rings. The number of hydrogen-bond donors (Lipinski definition) is 1. The summed E-state index contributed by atoms with van der Waals surface area (Å²) in [5.41, 5.74) is -0.467. The highest BCUT2D eigenvalue weighted by molar-refractivity contribution is 5.88. The first-order chi connectivity index (χ1) is 6.72. The summed E-state index contributed by atoms with van der Waals surface area (Å²) in [4.78, 5) is 29.0. The number of nitrogens with one attached hydrogen (secondary N) is 1. The molecule has 1 fully saturated rings. The molecule has 0 spiro atoms. The summed E-state index contributed by atoms with van der Waals surface area (Å²) in [6.45, 7) is 0. The predicted octanol–water partition coefficient (Wildman–Crippen LogP) is 0.434. The van der Waals surface area contributed by atoms with Gasteiger partial charge in [-0.3, -0.25) is 4.79 Å². The molecule has 74 valence electrons. The molecule has 2 rings (SSSR count). The van der Waals surface area contributed by atoms with Crippen molar-refractivity contribution in [1.82, 2.24) is 9.97 Å². The van der Waals surface area contributed by atoms with Gasteiger partial charge in [-0.25, -0.2) is 9.78 Å². The molecule has 0 amide bonds. The molecule has 1 aliphatic carbocycles. The summed E-state index contributed by atoms with van der Waals surface area (Å²) in [5, 5.41) is 0. The van der Waals surface area contributed by atoms with Crippen LogP contribution in [0, 0.1) is 0 Å². The Balaban J connectivity index is 2.35. The van der Waals surface area contributed by atoms with Crippen LogP contribution in [0.3, 0.4) is 0 Å². The van der Waals surface area contributed by atoms with Crippen LogP contribution in [-0.2, 0) is 4.74 Å². The minimum absolute atomic E-state index is 0.0445. The van der Waals surface area contributed by atoms with E-state index in [-0.39, 0.29) is 5.56 Å². The van der Waals surface area contributed by atoms with Gasteiger partial charge in [-0.1, -0.05) is 0 Å². The first-order valence-electron chi connectivity index (χ1n) is 4.40. The van der Waals surface area contributed by atoms with E-state index < -0.39 is 11.5 Å². The SMILES string of the molecule is COC(=O)c1cnc(C2CC2)[nH]c1=O. The minimum atomic E-state index is -0.652. The summed E-state index contributed by atoms with van der Waals surface area (Å²) in [6.07, 6.45) is 3.39. The van der Waals surface area contributed by atoms with Crippen molar-refractivity contribution in [1.29, 1.82) is 0 Å². The van der Waals surface area contributed by atoms with Crippen LogP contribution < -0.4 is 5.56 Å². The maximum absolute atomic E-state index is 11.4. The third-order valence-electron chi connectivity index (χ3n) is 2.19. The number of rotatable bonds is 2. The van der Waals surface area contributed by atoms with Crippen LogP contribution in [0.25, 0.3) is 0 Å².